The van der Waals surface area contributed by atoms with E-state index in [1.807, 2.05) is 0 Å². The van der Waals surface area contributed by atoms with Gasteiger partial charge >= 0.3 is 11.9 Å². The first-order valence-electron chi connectivity index (χ1n) is 16.6. The first kappa shape index (κ1) is 29.8. The van der Waals surface area contributed by atoms with Crippen molar-refractivity contribution in [3.8, 4) is 0 Å². The van der Waals surface area contributed by atoms with Gasteiger partial charge in [0, 0.05) is 32.1 Å². The molecular formula is C33H56N2O6+2. The Morgan fingerprint density at radius 1 is 0.732 bits per heavy atom. The quantitative estimate of drug-likeness (QED) is 0.375. The normalized spacial score (nSPS) is 46.9. The van der Waals surface area contributed by atoms with E-state index in [2.05, 4.69) is 27.9 Å². The van der Waals surface area contributed by atoms with Crippen molar-refractivity contribution < 1.29 is 37.5 Å². The van der Waals surface area contributed by atoms with Gasteiger partial charge in [-0.3, -0.25) is 9.59 Å². The second-order valence-corrected chi connectivity index (χ2v) is 15.8. The molecule has 0 bridgehead atoms. The molecule has 8 heteroatoms. The number of carbonyl (C=O) groups is 2. The molecule has 0 aromatic heterocycles. The Labute approximate surface area is 247 Å². The van der Waals surface area contributed by atoms with Crippen molar-refractivity contribution in [2.75, 3.05) is 66.7 Å². The molecule has 8 nitrogen and oxygen atoms in total. The van der Waals surface area contributed by atoms with Gasteiger partial charge < -0.3 is 27.9 Å². The molecule has 6 fully saturated rings. The zero-order valence-corrected chi connectivity index (χ0v) is 26.6. The lowest BCUT2D eigenvalue weighted by atomic mass is 9.44. The Morgan fingerprint density at radius 3 is 1.90 bits per heavy atom. The summed E-state index contributed by atoms with van der Waals surface area (Å²) in [6.45, 7) is 15.4. The van der Waals surface area contributed by atoms with Crippen LogP contribution in [0.1, 0.15) is 72.6 Å². The number of hydrogen-bond acceptors (Lipinski definition) is 6. The molecule has 10 atom stereocenters. The SMILES string of the molecule is CC(=O)O[C@H]1C[C@@H]2CC[C@@H]3[C@H](CC[C@@]4(C)[C@H]3C[C@H]([N+]3(C)CCOCC3)[C@@H]4OC(C)=O)[C@@]2(C)C[C@@H]1[N+]1(C)CCOCC1. The highest BCUT2D eigenvalue weighted by Gasteiger charge is 2.68. The summed E-state index contributed by atoms with van der Waals surface area (Å²) in [6, 6.07) is 0.659. The summed E-state index contributed by atoms with van der Waals surface area (Å²) < 4.78 is 25.9. The molecule has 0 N–H and O–H groups in total. The summed E-state index contributed by atoms with van der Waals surface area (Å²) in [5.41, 5.74) is 0.259. The van der Waals surface area contributed by atoms with Crippen molar-refractivity contribution in [2.24, 2.45) is 34.5 Å². The van der Waals surface area contributed by atoms with Crippen molar-refractivity contribution in [2.45, 2.75) is 96.9 Å². The maximum atomic E-state index is 12.5. The minimum atomic E-state index is -0.140. The molecule has 4 aliphatic carbocycles. The number of ether oxygens (including phenoxy) is 4. The van der Waals surface area contributed by atoms with Gasteiger partial charge in [-0.2, -0.15) is 0 Å². The maximum absolute atomic E-state index is 12.5. The first-order chi connectivity index (χ1) is 19.4. The van der Waals surface area contributed by atoms with Crippen LogP contribution in [0.4, 0.5) is 0 Å². The van der Waals surface area contributed by atoms with Crippen LogP contribution in [-0.4, -0.2) is 112 Å². The number of likely N-dealkylation sites (N-methyl/N-ethyl adjacent to an activating group) is 2. The monoisotopic (exact) mass is 576 g/mol. The summed E-state index contributed by atoms with van der Waals surface area (Å²) in [5.74, 6) is 2.22. The van der Waals surface area contributed by atoms with Crippen LogP contribution in [-0.2, 0) is 28.5 Å². The number of carbonyl (C=O) groups excluding carboxylic acids is 2. The molecule has 232 valence electrons. The number of morpholine rings is 2. The summed E-state index contributed by atoms with van der Waals surface area (Å²) in [7, 11) is 4.76. The van der Waals surface area contributed by atoms with Crippen LogP contribution >= 0.6 is 0 Å². The van der Waals surface area contributed by atoms with Crippen LogP contribution < -0.4 is 0 Å². The molecule has 0 amide bonds. The molecular weight excluding hydrogens is 520 g/mol. The van der Waals surface area contributed by atoms with Crippen LogP contribution in [0.25, 0.3) is 0 Å². The van der Waals surface area contributed by atoms with Gasteiger partial charge in [0.05, 0.1) is 40.5 Å². The molecule has 0 spiro atoms. The zero-order chi connectivity index (χ0) is 29.2. The third-order valence-corrected chi connectivity index (χ3v) is 13.8. The molecule has 0 aromatic carbocycles. The van der Waals surface area contributed by atoms with E-state index in [4.69, 9.17) is 18.9 Å². The Hall–Kier alpha value is -1.22. The van der Waals surface area contributed by atoms with Crippen molar-refractivity contribution in [3.05, 3.63) is 0 Å². The van der Waals surface area contributed by atoms with Crippen molar-refractivity contribution in [1.82, 2.24) is 0 Å². The van der Waals surface area contributed by atoms with Gasteiger partial charge in [-0.05, 0) is 61.2 Å². The number of hydrogen-bond donors (Lipinski definition) is 0. The van der Waals surface area contributed by atoms with Gasteiger partial charge in [-0.25, -0.2) is 0 Å². The number of fused-ring (bicyclic) bond motifs is 5. The molecule has 2 aliphatic heterocycles. The largest absolute Gasteiger partial charge is 0.456 e. The third-order valence-electron chi connectivity index (χ3n) is 13.8. The van der Waals surface area contributed by atoms with Gasteiger partial charge in [0.15, 0.2) is 12.2 Å². The number of quaternary nitrogens is 2. The lowest BCUT2D eigenvalue weighted by Gasteiger charge is -2.63. The molecule has 41 heavy (non-hydrogen) atoms. The molecule has 0 unspecified atom stereocenters. The Bertz CT molecular complexity index is 1010. The fraction of sp³-hybridized carbons (Fsp3) is 0.939. The van der Waals surface area contributed by atoms with Gasteiger partial charge in [-0.15, -0.1) is 0 Å². The predicted octanol–water partition coefficient (Wildman–Crippen LogP) is 3.80. The minimum Gasteiger partial charge on any atom is -0.456 e. The van der Waals surface area contributed by atoms with Gasteiger partial charge in [-0.1, -0.05) is 13.8 Å². The van der Waals surface area contributed by atoms with E-state index >= 15 is 0 Å². The van der Waals surface area contributed by atoms with Crippen LogP contribution in [0.15, 0.2) is 0 Å². The van der Waals surface area contributed by atoms with E-state index in [-0.39, 0.29) is 35.0 Å². The first-order valence-corrected chi connectivity index (χ1v) is 16.6. The number of nitrogens with zero attached hydrogens (tertiary/aromatic N) is 2. The molecule has 6 aliphatic rings. The lowest BCUT2D eigenvalue weighted by Crippen LogP contribution is -2.67. The fourth-order valence-corrected chi connectivity index (χ4v) is 11.3. The summed E-state index contributed by atoms with van der Waals surface area (Å²) in [5, 5.41) is 0. The Morgan fingerprint density at radius 2 is 1.32 bits per heavy atom. The highest BCUT2D eigenvalue weighted by molar-refractivity contribution is 5.66. The van der Waals surface area contributed by atoms with Gasteiger partial charge in [0.25, 0.3) is 0 Å². The van der Waals surface area contributed by atoms with Crippen LogP contribution in [0.3, 0.4) is 0 Å². The second-order valence-electron chi connectivity index (χ2n) is 15.8. The smallest absolute Gasteiger partial charge is 0.303 e. The van der Waals surface area contributed by atoms with E-state index in [1.54, 1.807) is 13.8 Å². The van der Waals surface area contributed by atoms with E-state index < -0.39 is 0 Å². The van der Waals surface area contributed by atoms with Crippen molar-refractivity contribution >= 4 is 11.9 Å². The molecule has 6 rings (SSSR count). The van der Waals surface area contributed by atoms with Gasteiger partial charge in [0.2, 0.25) is 0 Å². The van der Waals surface area contributed by atoms with Gasteiger partial charge in [0.1, 0.15) is 38.3 Å². The fourth-order valence-electron chi connectivity index (χ4n) is 11.3. The molecule has 0 aromatic rings. The number of esters is 2. The predicted molar refractivity (Wildman–Crippen MR) is 155 cm³/mol. The van der Waals surface area contributed by atoms with Crippen LogP contribution in [0.5, 0.6) is 0 Å². The van der Waals surface area contributed by atoms with Crippen LogP contribution in [0, 0.1) is 34.5 Å². The molecule has 2 saturated heterocycles. The summed E-state index contributed by atoms with van der Waals surface area (Å²) in [4.78, 5) is 24.8. The van der Waals surface area contributed by atoms with Crippen molar-refractivity contribution in [1.29, 1.82) is 0 Å². The summed E-state index contributed by atoms with van der Waals surface area (Å²) in [6.07, 6.45) is 8.03. The highest BCUT2D eigenvalue weighted by atomic mass is 16.6. The minimum absolute atomic E-state index is 0.00550. The zero-order valence-electron chi connectivity index (χ0n) is 26.6. The average molecular weight is 577 g/mol. The van der Waals surface area contributed by atoms with E-state index in [9.17, 15) is 9.59 Å². The highest BCUT2D eigenvalue weighted by Crippen LogP contribution is 2.67. The second kappa shape index (κ2) is 10.7. The standard InChI is InChI=1S/C33H56N2O6/c1-22(36)40-30-19-24-7-8-25-26(33(24,4)21-29(30)35(6)13-17-39-18-14-35)9-10-32(3)27(25)20-28(31(32)41-23(2)37)34(5)11-15-38-16-12-34/h24-31H,7-21H2,1-6H3/q+2/t24-,25+,26-,27-,28-,29-,30-,31-,32-,33-/m0/s1. The molecule has 2 heterocycles. The Kier molecular flexibility index (Phi) is 7.82. The van der Waals surface area contributed by atoms with E-state index in [0.29, 0.717) is 35.8 Å². The topological polar surface area (TPSA) is 71.1 Å². The maximum Gasteiger partial charge on any atom is 0.303 e. The lowest BCUT2D eigenvalue weighted by molar-refractivity contribution is -0.945. The summed E-state index contributed by atoms with van der Waals surface area (Å²) >= 11 is 0. The molecule has 0 radical (unpaired) electrons. The molecule has 4 saturated carbocycles. The van der Waals surface area contributed by atoms with E-state index in [0.717, 1.165) is 87.3 Å². The number of rotatable bonds is 4. The third kappa shape index (κ3) is 4.97. The van der Waals surface area contributed by atoms with E-state index in [1.165, 1.54) is 19.3 Å². The van der Waals surface area contributed by atoms with Crippen molar-refractivity contribution in [3.63, 3.8) is 0 Å². The van der Waals surface area contributed by atoms with Crippen LogP contribution in [0.2, 0.25) is 0 Å². The average Bonchev–Trinajstić information content (AvgIpc) is 3.21. The Balaban J connectivity index is 1.31.